The van der Waals surface area contributed by atoms with E-state index in [4.69, 9.17) is 9.47 Å². The average molecular weight is 457 g/mol. The molecule has 1 fully saturated rings. The van der Waals surface area contributed by atoms with Crippen LogP contribution in [0.2, 0.25) is 0 Å². The Kier molecular flexibility index (Phi) is 6.40. The molecule has 1 aromatic heterocycles. The molecule has 5 rings (SSSR count). The van der Waals surface area contributed by atoms with Crippen molar-refractivity contribution in [3.8, 4) is 17.4 Å². The van der Waals surface area contributed by atoms with Crippen molar-refractivity contribution >= 4 is 5.57 Å². The number of ether oxygens (including phenoxy) is 2. The Labute approximate surface area is 201 Å². The molecule has 0 spiro atoms. The summed E-state index contributed by atoms with van der Waals surface area (Å²) in [5, 5.41) is 11.2. The molecule has 5 heteroatoms. The maximum atomic E-state index is 11.2. The van der Waals surface area contributed by atoms with Gasteiger partial charge < -0.3 is 19.5 Å². The summed E-state index contributed by atoms with van der Waals surface area (Å²) in [4.78, 5) is 6.94. The van der Waals surface area contributed by atoms with Crippen molar-refractivity contribution in [3.05, 3.63) is 89.1 Å². The molecular weight excluding hydrogens is 424 g/mol. The quantitative estimate of drug-likeness (QED) is 0.549. The summed E-state index contributed by atoms with van der Waals surface area (Å²) in [7, 11) is 1.70. The molecule has 0 bridgehead atoms. The number of benzene rings is 2. The zero-order valence-corrected chi connectivity index (χ0v) is 20.0. The van der Waals surface area contributed by atoms with E-state index in [0.29, 0.717) is 5.88 Å². The van der Waals surface area contributed by atoms with E-state index >= 15 is 0 Å². The summed E-state index contributed by atoms with van der Waals surface area (Å²) >= 11 is 0. The smallest absolute Gasteiger partial charge is 0.226 e. The Bertz CT molecular complexity index is 1180. The lowest BCUT2D eigenvalue weighted by Crippen LogP contribution is -2.42. The number of hydrogen-bond acceptors (Lipinski definition) is 5. The van der Waals surface area contributed by atoms with Gasteiger partial charge in [-0.25, -0.2) is 4.98 Å². The molecule has 3 aromatic rings. The highest BCUT2D eigenvalue weighted by Crippen LogP contribution is 2.41. The fraction of sp³-hybridized carbons (Fsp3) is 0.345. The Morgan fingerprint density at radius 3 is 2.65 bits per heavy atom. The van der Waals surface area contributed by atoms with Crippen LogP contribution in [0, 0.1) is 6.92 Å². The molecule has 5 nitrogen and oxygen atoms in total. The highest BCUT2D eigenvalue weighted by molar-refractivity contribution is 5.74. The highest BCUT2D eigenvalue weighted by atomic mass is 16.5. The van der Waals surface area contributed by atoms with Crippen molar-refractivity contribution in [1.82, 2.24) is 9.88 Å². The van der Waals surface area contributed by atoms with Crippen LogP contribution in [-0.4, -0.2) is 41.7 Å². The fourth-order valence-electron chi connectivity index (χ4n) is 5.02. The summed E-state index contributed by atoms with van der Waals surface area (Å²) in [6.45, 7) is 4.83. The molecule has 1 N–H and O–H groups in total. The van der Waals surface area contributed by atoms with Crippen molar-refractivity contribution in [1.29, 1.82) is 0 Å². The topological polar surface area (TPSA) is 54.8 Å². The van der Waals surface area contributed by atoms with Crippen LogP contribution in [0.5, 0.6) is 17.4 Å². The third kappa shape index (κ3) is 4.59. The molecule has 0 unspecified atom stereocenters. The van der Waals surface area contributed by atoms with Crippen LogP contribution >= 0.6 is 0 Å². The summed E-state index contributed by atoms with van der Waals surface area (Å²) in [5.41, 5.74) is 4.84. The number of pyridine rings is 1. The number of aromatic nitrogens is 1. The van der Waals surface area contributed by atoms with Gasteiger partial charge in [-0.2, -0.15) is 0 Å². The summed E-state index contributed by atoms with van der Waals surface area (Å²) in [6.07, 6.45) is 7.27. The van der Waals surface area contributed by atoms with E-state index in [0.717, 1.165) is 73.5 Å². The van der Waals surface area contributed by atoms with Crippen LogP contribution in [-0.2, 0) is 12.0 Å². The van der Waals surface area contributed by atoms with E-state index in [2.05, 4.69) is 53.2 Å². The number of nitrogens with zero attached hydrogens (tertiary/aromatic N) is 2. The Hall–Kier alpha value is -3.15. The largest absolute Gasteiger partial charge is 0.496 e. The number of allylic oxidation sites excluding steroid dienone is 1. The zero-order valence-electron chi connectivity index (χ0n) is 20.0. The first-order valence-electron chi connectivity index (χ1n) is 12.1. The van der Waals surface area contributed by atoms with Crippen LogP contribution < -0.4 is 9.47 Å². The van der Waals surface area contributed by atoms with Crippen molar-refractivity contribution in [2.45, 2.75) is 38.2 Å². The molecule has 0 atom stereocenters. The van der Waals surface area contributed by atoms with E-state index in [-0.39, 0.29) is 0 Å². The number of methoxy groups -OCH3 is 1. The van der Waals surface area contributed by atoms with Crippen LogP contribution in [0.4, 0.5) is 0 Å². The van der Waals surface area contributed by atoms with Gasteiger partial charge in [0, 0.05) is 43.4 Å². The van der Waals surface area contributed by atoms with Gasteiger partial charge in [0.2, 0.25) is 5.88 Å². The van der Waals surface area contributed by atoms with Crippen LogP contribution in [0.3, 0.4) is 0 Å². The summed E-state index contributed by atoms with van der Waals surface area (Å²) in [5.74, 6) is 2.28. The minimum absolute atomic E-state index is 0.641. The molecule has 1 saturated heterocycles. The highest BCUT2D eigenvalue weighted by Gasteiger charge is 2.33. The summed E-state index contributed by atoms with van der Waals surface area (Å²) < 4.78 is 11.8. The number of likely N-dealkylation sites (tertiary alicyclic amines) is 1. The lowest BCUT2D eigenvalue weighted by molar-refractivity contribution is -0.0254. The number of aliphatic hydroxyl groups is 1. The minimum Gasteiger partial charge on any atom is -0.496 e. The van der Waals surface area contributed by atoms with Gasteiger partial charge in [-0.05, 0) is 61.6 Å². The fourth-order valence-corrected chi connectivity index (χ4v) is 5.02. The second-order valence-corrected chi connectivity index (χ2v) is 9.33. The molecule has 176 valence electrons. The molecule has 34 heavy (non-hydrogen) atoms. The molecule has 0 amide bonds. The van der Waals surface area contributed by atoms with Crippen molar-refractivity contribution in [2.24, 2.45) is 0 Å². The van der Waals surface area contributed by atoms with E-state index in [9.17, 15) is 5.11 Å². The normalized spacial score (nSPS) is 18.5. The first-order chi connectivity index (χ1) is 16.6. The maximum absolute atomic E-state index is 11.2. The Morgan fingerprint density at radius 1 is 1.09 bits per heavy atom. The van der Waals surface area contributed by atoms with Crippen LogP contribution in [0.25, 0.3) is 5.57 Å². The van der Waals surface area contributed by atoms with Gasteiger partial charge in [0.15, 0.2) is 0 Å². The maximum Gasteiger partial charge on any atom is 0.226 e. The standard InChI is InChI=1S/C29H32N2O3/c1-21-10-12-23(13-11-21)29(32)14-18-31(19-15-29)17-5-6-22-20-25-26(33-2)8-3-9-27(25)34-28-24(22)7-4-16-30-28/h3-4,6-13,16,32H,5,14-15,17-20H2,1-2H3/b22-6-. The van der Waals surface area contributed by atoms with Crippen LogP contribution in [0.15, 0.2) is 66.9 Å². The lowest BCUT2D eigenvalue weighted by atomic mass is 9.84. The second-order valence-electron chi connectivity index (χ2n) is 9.33. The van der Waals surface area contributed by atoms with Gasteiger partial charge >= 0.3 is 0 Å². The average Bonchev–Trinajstić information content (AvgIpc) is 3.02. The van der Waals surface area contributed by atoms with Crippen molar-refractivity contribution in [3.63, 3.8) is 0 Å². The predicted octanol–water partition coefficient (Wildman–Crippen LogP) is 5.50. The van der Waals surface area contributed by atoms with Gasteiger partial charge in [0.05, 0.1) is 12.7 Å². The first kappa shape index (κ1) is 22.6. The van der Waals surface area contributed by atoms with Gasteiger partial charge in [-0.15, -0.1) is 0 Å². The van der Waals surface area contributed by atoms with E-state index in [1.165, 1.54) is 11.1 Å². The predicted molar refractivity (Wildman–Crippen MR) is 134 cm³/mol. The number of aryl methyl sites for hydroxylation is 1. The Balaban J connectivity index is 1.28. The van der Waals surface area contributed by atoms with E-state index in [1.807, 2.05) is 24.3 Å². The first-order valence-corrected chi connectivity index (χ1v) is 12.1. The third-order valence-electron chi connectivity index (χ3n) is 7.11. The molecule has 0 saturated carbocycles. The SMILES string of the molecule is COc1cccc2c1C/C(=C/CCN1CCC(O)(c3ccc(C)cc3)CC1)c1cccnc1O2. The summed E-state index contributed by atoms with van der Waals surface area (Å²) in [6, 6.07) is 18.2. The molecule has 2 aliphatic heterocycles. The number of fused-ring (bicyclic) bond motifs is 2. The van der Waals surface area contributed by atoms with Crippen molar-refractivity contribution in [2.75, 3.05) is 26.7 Å². The molecule has 2 aromatic carbocycles. The van der Waals surface area contributed by atoms with Crippen molar-refractivity contribution < 1.29 is 14.6 Å². The third-order valence-corrected chi connectivity index (χ3v) is 7.11. The van der Waals surface area contributed by atoms with E-state index < -0.39 is 5.60 Å². The molecule has 3 heterocycles. The molecule has 2 aliphatic rings. The second kappa shape index (κ2) is 9.61. The Morgan fingerprint density at radius 2 is 1.88 bits per heavy atom. The molecular formula is C29H32N2O3. The number of hydrogen-bond donors (Lipinski definition) is 1. The number of rotatable bonds is 5. The lowest BCUT2D eigenvalue weighted by Gasteiger charge is -2.38. The van der Waals surface area contributed by atoms with Gasteiger partial charge in [-0.1, -0.05) is 42.0 Å². The zero-order chi connectivity index (χ0) is 23.5. The van der Waals surface area contributed by atoms with Gasteiger partial charge in [0.25, 0.3) is 0 Å². The monoisotopic (exact) mass is 456 g/mol. The van der Waals surface area contributed by atoms with E-state index in [1.54, 1.807) is 13.3 Å². The molecule has 0 radical (unpaired) electrons. The number of piperidine rings is 1. The molecule has 0 aliphatic carbocycles. The van der Waals surface area contributed by atoms with Crippen LogP contribution in [0.1, 0.15) is 41.5 Å². The van der Waals surface area contributed by atoms with Gasteiger partial charge in [0.1, 0.15) is 11.5 Å². The minimum atomic E-state index is -0.716. The van der Waals surface area contributed by atoms with Gasteiger partial charge in [-0.3, -0.25) is 0 Å².